The lowest BCUT2D eigenvalue weighted by Crippen LogP contribution is -2.44. The first-order valence-corrected chi connectivity index (χ1v) is 7.02. The molecular formula is C14H18O4. The summed E-state index contributed by atoms with van der Waals surface area (Å²) in [4.78, 5) is 23.9. The molecule has 4 nitrogen and oxygen atoms in total. The van der Waals surface area contributed by atoms with Crippen LogP contribution < -0.4 is 0 Å². The molecule has 2 unspecified atom stereocenters. The number of fused-ring (bicyclic) bond motifs is 2. The Hall–Kier alpha value is -1.06. The van der Waals surface area contributed by atoms with Crippen LogP contribution >= 0.6 is 0 Å². The van der Waals surface area contributed by atoms with Crippen LogP contribution in [0.2, 0.25) is 0 Å². The molecule has 5 rings (SSSR count). The summed E-state index contributed by atoms with van der Waals surface area (Å²) in [6, 6.07) is 0. The highest BCUT2D eigenvalue weighted by Crippen LogP contribution is 2.81. The average Bonchev–Trinajstić information content (AvgIpc) is 3.11. The Labute approximate surface area is 106 Å². The first-order chi connectivity index (χ1) is 8.69. The summed E-state index contributed by atoms with van der Waals surface area (Å²) in [7, 11) is 0. The smallest absolute Gasteiger partial charge is 0.315 e. The van der Waals surface area contributed by atoms with E-state index in [1.165, 1.54) is 12.8 Å². The van der Waals surface area contributed by atoms with Crippen LogP contribution in [0.15, 0.2) is 0 Å². The van der Waals surface area contributed by atoms with E-state index < -0.39 is 0 Å². The van der Waals surface area contributed by atoms with Crippen molar-refractivity contribution in [2.45, 2.75) is 44.9 Å². The lowest BCUT2D eigenvalue weighted by molar-refractivity contribution is -0.174. The van der Waals surface area contributed by atoms with Gasteiger partial charge in [-0.3, -0.25) is 9.59 Å². The molecule has 4 heteroatoms. The van der Waals surface area contributed by atoms with Crippen LogP contribution in [0.5, 0.6) is 0 Å². The van der Waals surface area contributed by atoms with Crippen LogP contribution in [0, 0.1) is 22.7 Å². The fourth-order valence-corrected chi connectivity index (χ4v) is 5.28. The third kappa shape index (κ3) is 1.08. The Morgan fingerprint density at radius 2 is 1.72 bits per heavy atom. The molecule has 0 N–H and O–H groups in total. The molecular weight excluding hydrogens is 232 g/mol. The normalized spacial score (nSPS) is 50.0. The highest BCUT2D eigenvalue weighted by molar-refractivity contribution is 5.84. The standard InChI is InChI=1S/C14H18O4/c15-11-5-6-13-7-14(13,12(16)18-8-17-11)10-3-1-9(13)2-4-10/h9-10H,1-8H2. The average molecular weight is 250 g/mol. The quantitative estimate of drug-likeness (QED) is 0.617. The number of hydrogen-bond donors (Lipinski definition) is 0. The molecule has 5 aliphatic rings. The van der Waals surface area contributed by atoms with Crippen molar-refractivity contribution in [1.82, 2.24) is 0 Å². The zero-order chi connectivity index (χ0) is 12.4. The Bertz CT molecular complexity index is 424. The lowest BCUT2D eigenvalue weighted by atomic mass is 9.57. The summed E-state index contributed by atoms with van der Waals surface area (Å²) in [5, 5.41) is 0. The molecule has 98 valence electrons. The van der Waals surface area contributed by atoms with E-state index in [1.807, 2.05) is 0 Å². The molecule has 4 saturated carbocycles. The second kappa shape index (κ2) is 3.28. The summed E-state index contributed by atoms with van der Waals surface area (Å²) in [6.45, 7) is -0.188. The number of esters is 2. The summed E-state index contributed by atoms with van der Waals surface area (Å²) in [6.07, 6.45) is 7.02. The first-order valence-electron chi connectivity index (χ1n) is 7.02. The summed E-state index contributed by atoms with van der Waals surface area (Å²) in [5.41, 5.74) is -0.170. The van der Waals surface area contributed by atoms with E-state index >= 15 is 0 Å². The SMILES string of the molecule is O=C1CCC23CC2(C(=O)OCO1)C1CCC3CC1. The Balaban J connectivity index is 1.74. The number of hydrogen-bond acceptors (Lipinski definition) is 4. The van der Waals surface area contributed by atoms with E-state index in [9.17, 15) is 9.59 Å². The zero-order valence-corrected chi connectivity index (χ0v) is 10.4. The highest BCUT2D eigenvalue weighted by Gasteiger charge is 2.80. The predicted molar refractivity (Wildman–Crippen MR) is 61.2 cm³/mol. The van der Waals surface area contributed by atoms with E-state index in [0.717, 1.165) is 25.7 Å². The maximum Gasteiger partial charge on any atom is 0.315 e. The minimum atomic E-state index is -0.248. The van der Waals surface area contributed by atoms with Crippen molar-refractivity contribution < 1.29 is 19.1 Å². The van der Waals surface area contributed by atoms with E-state index in [-0.39, 0.29) is 29.6 Å². The van der Waals surface area contributed by atoms with Crippen molar-refractivity contribution in [2.75, 3.05) is 6.79 Å². The highest BCUT2D eigenvalue weighted by atomic mass is 16.7. The molecule has 4 aliphatic carbocycles. The second-order valence-electron chi connectivity index (χ2n) is 6.42. The summed E-state index contributed by atoms with van der Waals surface area (Å²) >= 11 is 0. The predicted octanol–water partition coefficient (Wildman–Crippen LogP) is 2.02. The Morgan fingerprint density at radius 1 is 1.00 bits per heavy atom. The van der Waals surface area contributed by atoms with Crippen molar-refractivity contribution >= 4 is 11.9 Å². The van der Waals surface area contributed by atoms with Crippen molar-refractivity contribution in [2.24, 2.45) is 22.7 Å². The van der Waals surface area contributed by atoms with Crippen molar-refractivity contribution in [3.63, 3.8) is 0 Å². The van der Waals surface area contributed by atoms with Crippen LogP contribution in [0.3, 0.4) is 0 Å². The van der Waals surface area contributed by atoms with Crippen LogP contribution in [-0.2, 0) is 19.1 Å². The molecule has 2 bridgehead atoms. The topological polar surface area (TPSA) is 52.6 Å². The lowest BCUT2D eigenvalue weighted by Gasteiger charge is -2.46. The van der Waals surface area contributed by atoms with Crippen LogP contribution in [0.4, 0.5) is 0 Å². The van der Waals surface area contributed by atoms with Gasteiger partial charge in [0.25, 0.3) is 0 Å². The fraction of sp³-hybridized carbons (Fsp3) is 0.857. The van der Waals surface area contributed by atoms with Gasteiger partial charge in [0.05, 0.1) is 5.41 Å². The van der Waals surface area contributed by atoms with Gasteiger partial charge in [0, 0.05) is 6.42 Å². The minimum absolute atomic E-state index is 0.0780. The maximum absolute atomic E-state index is 12.4. The molecule has 0 spiro atoms. The number of carbonyl (C=O) groups is 2. The van der Waals surface area contributed by atoms with Gasteiger partial charge >= 0.3 is 11.9 Å². The van der Waals surface area contributed by atoms with Gasteiger partial charge in [0.2, 0.25) is 6.79 Å². The van der Waals surface area contributed by atoms with Gasteiger partial charge in [0.15, 0.2) is 0 Å². The van der Waals surface area contributed by atoms with E-state index in [2.05, 4.69) is 0 Å². The van der Waals surface area contributed by atoms with Gasteiger partial charge < -0.3 is 9.47 Å². The van der Waals surface area contributed by atoms with E-state index in [0.29, 0.717) is 18.3 Å². The van der Waals surface area contributed by atoms with Crippen molar-refractivity contribution in [3.8, 4) is 0 Å². The monoisotopic (exact) mass is 250 g/mol. The van der Waals surface area contributed by atoms with Gasteiger partial charge in [-0.25, -0.2) is 0 Å². The number of carbonyl (C=O) groups excluding carboxylic acids is 2. The zero-order valence-electron chi connectivity index (χ0n) is 10.4. The minimum Gasteiger partial charge on any atom is -0.428 e. The number of ether oxygens (including phenoxy) is 2. The third-order valence-electron chi connectivity index (χ3n) is 6.11. The van der Waals surface area contributed by atoms with Crippen LogP contribution in [-0.4, -0.2) is 18.7 Å². The van der Waals surface area contributed by atoms with Gasteiger partial charge in [-0.1, -0.05) is 0 Å². The summed E-state index contributed by atoms with van der Waals surface area (Å²) < 4.78 is 10.1. The molecule has 0 amide bonds. The summed E-state index contributed by atoms with van der Waals surface area (Å²) in [5.74, 6) is 0.803. The number of rotatable bonds is 0. The molecule has 1 aliphatic heterocycles. The molecule has 5 fully saturated rings. The molecule has 2 atom stereocenters. The van der Waals surface area contributed by atoms with Crippen molar-refractivity contribution in [3.05, 3.63) is 0 Å². The third-order valence-corrected chi connectivity index (χ3v) is 6.11. The van der Waals surface area contributed by atoms with Crippen LogP contribution in [0.1, 0.15) is 44.9 Å². The van der Waals surface area contributed by atoms with E-state index in [1.54, 1.807) is 0 Å². The van der Waals surface area contributed by atoms with Gasteiger partial charge in [-0.15, -0.1) is 0 Å². The van der Waals surface area contributed by atoms with Crippen molar-refractivity contribution in [1.29, 1.82) is 0 Å². The number of cyclic esters (lactones) is 2. The molecule has 0 radical (unpaired) electrons. The molecule has 0 aromatic carbocycles. The van der Waals surface area contributed by atoms with E-state index in [4.69, 9.17) is 9.47 Å². The molecule has 1 saturated heterocycles. The largest absolute Gasteiger partial charge is 0.428 e. The second-order valence-corrected chi connectivity index (χ2v) is 6.42. The fourth-order valence-electron chi connectivity index (χ4n) is 5.28. The maximum atomic E-state index is 12.4. The van der Waals surface area contributed by atoms with Gasteiger partial charge in [0.1, 0.15) is 0 Å². The molecule has 1 heterocycles. The Kier molecular flexibility index (Phi) is 1.97. The Morgan fingerprint density at radius 3 is 2.50 bits per heavy atom. The first kappa shape index (κ1) is 10.8. The van der Waals surface area contributed by atoms with Gasteiger partial charge in [-0.05, 0) is 55.8 Å². The van der Waals surface area contributed by atoms with Gasteiger partial charge in [-0.2, -0.15) is 0 Å². The van der Waals surface area contributed by atoms with Crippen LogP contribution in [0.25, 0.3) is 0 Å². The molecule has 0 aromatic heterocycles. The molecule has 0 aromatic rings. The molecule has 18 heavy (non-hydrogen) atoms.